The number of rotatable bonds is 6. The lowest BCUT2D eigenvalue weighted by molar-refractivity contribution is 0.759. The van der Waals surface area contributed by atoms with Gasteiger partial charge < -0.3 is 0 Å². The van der Waals surface area contributed by atoms with E-state index >= 15 is 0 Å². The summed E-state index contributed by atoms with van der Waals surface area (Å²) in [5.41, 5.74) is 3.96. The monoisotopic (exact) mass is 488 g/mol. The van der Waals surface area contributed by atoms with Gasteiger partial charge in [-0.3, -0.25) is 9.97 Å². The SMILES string of the molecule is c1ccc(-c2ccc3ccccc3c2SOSc2c(-c3ccccn3)ccc3ccccc23)nc1. The van der Waals surface area contributed by atoms with Gasteiger partial charge in [-0.1, -0.05) is 84.9 Å². The Morgan fingerprint density at radius 3 is 1.37 bits per heavy atom. The van der Waals surface area contributed by atoms with Crippen molar-refractivity contribution in [1.82, 2.24) is 9.97 Å². The average Bonchev–Trinajstić information content (AvgIpc) is 2.94. The van der Waals surface area contributed by atoms with Crippen LogP contribution >= 0.6 is 24.1 Å². The second-order valence-electron chi connectivity index (χ2n) is 7.99. The minimum Gasteiger partial charge on any atom is -0.256 e. The van der Waals surface area contributed by atoms with Gasteiger partial charge in [0.15, 0.2) is 0 Å². The number of hydrogen-bond donors (Lipinski definition) is 0. The lowest BCUT2D eigenvalue weighted by Crippen LogP contribution is -1.89. The molecule has 0 amide bonds. The first-order chi connectivity index (χ1) is 17.4. The molecule has 0 atom stereocenters. The maximum absolute atomic E-state index is 6.32. The number of nitrogens with zero attached hydrogens (tertiary/aromatic N) is 2. The van der Waals surface area contributed by atoms with Gasteiger partial charge in [0, 0.05) is 47.6 Å². The summed E-state index contributed by atoms with van der Waals surface area (Å²) in [6, 6.07) is 37.2. The van der Waals surface area contributed by atoms with Crippen molar-refractivity contribution in [3.05, 3.63) is 122 Å². The van der Waals surface area contributed by atoms with E-state index in [9.17, 15) is 0 Å². The number of fused-ring (bicyclic) bond motifs is 2. The molecule has 0 saturated heterocycles. The van der Waals surface area contributed by atoms with E-state index in [0.29, 0.717) is 0 Å². The molecule has 35 heavy (non-hydrogen) atoms. The van der Waals surface area contributed by atoms with Crippen LogP contribution in [0.2, 0.25) is 0 Å². The standard InChI is InChI=1S/C30H20N2OS2/c1-3-11-23-21(9-1)15-17-25(27-13-5-7-19-31-27)29(23)34-33-35-30-24-12-4-2-10-22(24)16-18-26(30)28-14-6-8-20-32-28/h1-20H. The minimum atomic E-state index is 0.925. The molecule has 0 radical (unpaired) electrons. The smallest absolute Gasteiger partial charge is 0.0714 e. The van der Waals surface area contributed by atoms with Crippen LogP contribution in [-0.4, -0.2) is 9.97 Å². The highest BCUT2D eigenvalue weighted by Crippen LogP contribution is 2.43. The van der Waals surface area contributed by atoms with Crippen molar-refractivity contribution in [2.45, 2.75) is 9.79 Å². The Labute approximate surface area is 212 Å². The summed E-state index contributed by atoms with van der Waals surface area (Å²) in [5, 5.41) is 4.62. The molecule has 6 aromatic rings. The maximum Gasteiger partial charge on any atom is 0.0714 e. The topological polar surface area (TPSA) is 35.0 Å². The van der Waals surface area contributed by atoms with Gasteiger partial charge in [0.2, 0.25) is 0 Å². The molecule has 2 heterocycles. The van der Waals surface area contributed by atoms with E-state index in [2.05, 4.69) is 82.8 Å². The Bertz CT molecular complexity index is 1500. The lowest BCUT2D eigenvalue weighted by Gasteiger charge is -2.14. The molecule has 0 unspecified atom stereocenters. The lowest BCUT2D eigenvalue weighted by atomic mass is 10.0. The molecule has 0 N–H and O–H groups in total. The van der Waals surface area contributed by atoms with Crippen LogP contribution in [0.5, 0.6) is 0 Å². The largest absolute Gasteiger partial charge is 0.256 e. The molecule has 2 aromatic heterocycles. The van der Waals surface area contributed by atoms with Gasteiger partial charge in [-0.2, -0.15) is 0 Å². The molecular formula is C30H20N2OS2. The molecule has 168 valence electrons. The molecule has 4 aromatic carbocycles. The second kappa shape index (κ2) is 9.92. The minimum absolute atomic E-state index is 0.925. The zero-order valence-corrected chi connectivity index (χ0v) is 20.3. The van der Waals surface area contributed by atoms with Gasteiger partial charge in [0.25, 0.3) is 0 Å². The predicted molar refractivity (Wildman–Crippen MR) is 147 cm³/mol. The van der Waals surface area contributed by atoms with E-state index in [4.69, 9.17) is 3.63 Å². The summed E-state index contributed by atoms with van der Waals surface area (Å²) in [5.74, 6) is 0. The average molecular weight is 489 g/mol. The number of aromatic nitrogens is 2. The molecule has 0 spiro atoms. The van der Waals surface area contributed by atoms with Gasteiger partial charge in [-0.25, -0.2) is 3.63 Å². The third-order valence-corrected chi connectivity index (χ3v) is 7.63. The van der Waals surface area contributed by atoms with E-state index in [1.165, 1.54) is 34.9 Å². The van der Waals surface area contributed by atoms with Crippen LogP contribution in [0.25, 0.3) is 44.1 Å². The van der Waals surface area contributed by atoms with Crippen LogP contribution < -0.4 is 0 Å². The summed E-state index contributed by atoms with van der Waals surface area (Å²) in [6.45, 7) is 0. The molecule has 3 nitrogen and oxygen atoms in total. The van der Waals surface area contributed by atoms with Crippen molar-refractivity contribution in [1.29, 1.82) is 0 Å². The maximum atomic E-state index is 6.32. The molecule has 5 heteroatoms. The van der Waals surface area contributed by atoms with Gasteiger partial charge in [-0.15, -0.1) is 0 Å². The quantitative estimate of drug-likeness (QED) is 0.219. The third kappa shape index (κ3) is 4.42. The van der Waals surface area contributed by atoms with Gasteiger partial charge >= 0.3 is 0 Å². The molecule has 0 aliphatic rings. The Kier molecular flexibility index (Phi) is 6.20. The fourth-order valence-electron chi connectivity index (χ4n) is 4.20. The van der Waals surface area contributed by atoms with Crippen molar-refractivity contribution >= 4 is 45.6 Å². The first-order valence-corrected chi connectivity index (χ1v) is 12.7. The Morgan fingerprint density at radius 2 is 0.914 bits per heavy atom. The molecule has 6 rings (SSSR count). The first-order valence-electron chi connectivity index (χ1n) is 11.3. The summed E-state index contributed by atoms with van der Waals surface area (Å²) in [6.07, 6.45) is 3.65. The highest BCUT2D eigenvalue weighted by Gasteiger charge is 2.16. The first kappa shape index (κ1) is 21.9. The normalized spacial score (nSPS) is 11.2. The van der Waals surface area contributed by atoms with Crippen molar-refractivity contribution in [2.24, 2.45) is 0 Å². The Hall–Kier alpha value is -3.64. The molecule has 0 aliphatic heterocycles. The zero-order valence-electron chi connectivity index (χ0n) is 18.7. The van der Waals surface area contributed by atoms with E-state index in [0.717, 1.165) is 43.1 Å². The highest BCUT2D eigenvalue weighted by atomic mass is 32.2. The van der Waals surface area contributed by atoms with E-state index in [1.54, 1.807) is 0 Å². The molecule has 0 fully saturated rings. The summed E-state index contributed by atoms with van der Waals surface area (Å²) >= 11 is 2.76. The molecular weight excluding hydrogens is 468 g/mol. The van der Waals surface area contributed by atoms with Crippen LogP contribution in [0, 0.1) is 0 Å². The van der Waals surface area contributed by atoms with E-state index in [1.807, 2.05) is 48.8 Å². The van der Waals surface area contributed by atoms with Crippen molar-refractivity contribution in [2.75, 3.05) is 0 Å². The summed E-state index contributed by atoms with van der Waals surface area (Å²) in [4.78, 5) is 11.3. The third-order valence-electron chi connectivity index (χ3n) is 5.88. The van der Waals surface area contributed by atoms with Crippen molar-refractivity contribution < 1.29 is 3.63 Å². The van der Waals surface area contributed by atoms with Crippen molar-refractivity contribution in [3.8, 4) is 22.5 Å². The van der Waals surface area contributed by atoms with Crippen LogP contribution in [0.1, 0.15) is 0 Å². The van der Waals surface area contributed by atoms with Gasteiger partial charge in [0.05, 0.1) is 21.2 Å². The molecule has 0 bridgehead atoms. The van der Waals surface area contributed by atoms with Crippen molar-refractivity contribution in [3.63, 3.8) is 0 Å². The summed E-state index contributed by atoms with van der Waals surface area (Å²) in [7, 11) is 0. The van der Waals surface area contributed by atoms with E-state index < -0.39 is 0 Å². The Balaban J connectivity index is 1.40. The highest BCUT2D eigenvalue weighted by molar-refractivity contribution is 8.08. The number of hydrogen-bond acceptors (Lipinski definition) is 5. The van der Waals surface area contributed by atoms with Crippen LogP contribution in [-0.2, 0) is 3.63 Å². The zero-order chi connectivity index (χ0) is 23.5. The summed E-state index contributed by atoms with van der Waals surface area (Å²) < 4.78 is 6.32. The van der Waals surface area contributed by atoms with Crippen LogP contribution in [0.15, 0.2) is 131 Å². The second-order valence-corrected chi connectivity index (χ2v) is 9.69. The number of pyridine rings is 2. The predicted octanol–water partition coefficient (Wildman–Crippen LogP) is 8.85. The van der Waals surface area contributed by atoms with E-state index in [-0.39, 0.29) is 0 Å². The molecule has 0 saturated carbocycles. The Morgan fingerprint density at radius 1 is 0.457 bits per heavy atom. The number of benzene rings is 4. The van der Waals surface area contributed by atoms with Gasteiger partial charge in [0.1, 0.15) is 0 Å². The fourth-order valence-corrected chi connectivity index (χ4v) is 5.95. The van der Waals surface area contributed by atoms with Crippen LogP contribution in [0.4, 0.5) is 0 Å². The molecule has 0 aliphatic carbocycles. The van der Waals surface area contributed by atoms with Crippen LogP contribution in [0.3, 0.4) is 0 Å². The van der Waals surface area contributed by atoms with Gasteiger partial charge in [-0.05, 0) is 45.8 Å². The fraction of sp³-hybridized carbons (Fsp3) is 0.